The van der Waals surface area contributed by atoms with E-state index in [0.29, 0.717) is 12.1 Å². The van der Waals surface area contributed by atoms with Gasteiger partial charge in [-0.15, -0.1) is 0 Å². The fourth-order valence-electron chi connectivity index (χ4n) is 1.96. The Labute approximate surface area is 93.5 Å². The number of aliphatic hydroxyl groups excluding tert-OH is 1. The third-order valence-corrected chi connectivity index (χ3v) is 2.85. The number of benzene rings is 1. The van der Waals surface area contributed by atoms with E-state index in [9.17, 15) is 14.3 Å². The van der Waals surface area contributed by atoms with Gasteiger partial charge in [-0.05, 0) is 12.5 Å². The van der Waals surface area contributed by atoms with Crippen LogP contribution in [0.15, 0.2) is 18.2 Å². The van der Waals surface area contributed by atoms with E-state index in [-0.39, 0.29) is 5.56 Å². The first-order valence-corrected chi connectivity index (χ1v) is 5.44. The molecule has 1 N–H and O–H groups in total. The Morgan fingerprint density at radius 1 is 1.50 bits per heavy atom. The Morgan fingerprint density at radius 3 is 2.88 bits per heavy atom. The first kappa shape index (κ1) is 11.1. The summed E-state index contributed by atoms with van der Waals surface area (Å²) in [4.78, 5) is 13.2. The summed E-state index contributed by atoms with van der Waals surface area (Å²) in [5, 5.41) is 9.90. The van der Waals surface area contributed by atoms with Crippen LogP contribution in [0.5, 0.6) is 0 Å². The molecule has 2 rings (SSSR count). The molecule has 0 spiro atoms. The minimum atomic E-state index is -0.996. The smallest absolute Gasteiger partial charge is 0.259 e. The van der Waals surface area contributed by atoms with Crippen molar-refractivity contribution in [2.45, 2.75) is 26.0 Å². The Balaban J connectivity index is 2.33. The highest BCUT2D eigenvalue weighted by molar-refractivity contribution is 5.99. The van der Waals surface area contributed by atoms with Crippen molar-refractivity contribution in [3.63, 3.8) is 0 Å². The van der Waals surface area contributed by atoms with Gasteiger partial charge in [0.2, 0.25) is 0 Å². The predicted molar refractivity (Wildman–Crippen MR) is 57.3 cm³/mol. The molecular formula is C12H14FNO2. The number of hydrogen-bond donors (Lipinski definition) is 1. The number of carbonyl (C=O) groups is 1. The third-order valence-electron chi connectivity index (χ3n) is 2.85. The lowest BCUT2D eigenvalue weighted by Crippen LogP contribution is -2.29. The van der Waals surface area contributed by atoms with Crippen LogP contribution < -0.4 is 0 Å². The number of halogens is 1. The normalized spacial score (nSPS) is 19.1. The van der Waals surface area contributed by atoms with Gasteiger partial charge in [-0.2, -0.15) is 0 Å². The lowest BCUT2D eigenvalue weighted by atomic mass is 10.1. The zero-order chi connectivity index (χ0) is 11.7. The molecule has 1 unspecified atom stereocenters. The van der Waals surface area contributed by atoms with Crippen molar-refractivity contribution in [3.05, 3.63) is 35.1 Å². The van der Waals surface area contributed by atoms with Gasteiger partial charge >= 0.3 is 0 Å². The fourth-order valence-corrected chi connectivity index (χ4v) is 1.96. The first-order chi connectivity index (χ1) is 7.66. The van der Waals surface area contributed by atoms with Crippen molar-refractivity contribution in [1.82, 2.24) is 4.90 Å². The third kappa shape index (κ3) is 1.59. The molecule has 1 atom stereocenters. The van der Waals surface area contributed by atoms with Gasteiger partial charge in [0.05, 0.1) is 5.56 Å². The van der Waals surface area contributed by atoms with Crippen LogP contribution in [0.2, 0.25) is 0 Å². The minimum Gasteiger partial charge on any atom is -0.369 e. The largest absolute Gasteiger partial charge is 0.369 e. The zero-order valence-corrected chi connectivity index (χ0v) is 9.11. The average molecular weight is 223 g/mol. The molecule has 0 saturated heterocycles. The second-order valence-corrected chi connectivity index (χ2v) is 3.93. The molecule has 1 aliphatic rings. The van der Waals surface area contributed by atoms with Gasteiger partial charge in [-0.1, -0.05) is 25.5 Å². The molecule has 1 amide bonds. The molecule has 0 aromatic heterocycles. The maximum absolute atomic E-state index is 13.5. The zero-order valence-electron chi connectivity index (χ0n) is 9.11. The Bertz CT molecular complexity index is 419. The van der Waals surface area contributed by atoms with Crippen molar-refractivity contribution in [2.75, 3.05) is 6.54 Å². The number of aliphatic hydroxyl groups is 1. The Kier molecular flexibility index (Phi) is 2.92. The van der Waals surface area contributed by atoms with E-state index in [1.807, 2.05) is 6.92 Å². The van der Waals surface area contributed by atoms with E-state index in [4.69, 9.17) is 0 Å². The quantitative estimate of drug-likeness (QED) is 0.852. The van der Waals surface area contributed by atoms with E-state index >= 15 is 0 Å². The van der Waals surface area contributed by atoms with Crippen molar-refractivity contribution in [3.8, 4) is 0 Å². The summed E-state index contributed by atoms with van der Waals surface area (Å²) >= 11 is 0. The van der Waals surface area contributed by atoms with Gasteiger partial charge in [-0.3, -0.25) is 4.79 Å². The number of hydrogen-bond acceptors (Lipinski definition) is 2. The lowest BCUT2D eigenvalue weighted by molar-refractivity contribution is 0.0171. The van der Waals surface area contributed by atoms with Gasteiger partial charge in [-0.25, -0.2) is 4.39 Å². The molecule has 1 aromatic carbocycles. The minimum absolute atomic E-state index is 0.0195. The Hall–Kier alpha value is -1.42. The van der Waals surface area contributed by atoms with Crippen LogP contribution in [0.3, 0.4) is 0 Å². The second-order valence-electron chi connectivity index (χ2n) is 3.93. The number of unbranched alkanes of at least 4 members (excludes halogenated alkanes) is 1. The summed E-state index contributed by atoms with van der Waals surface area (Å²) in [5.41, 5.74) is 0.396. The predicted octanol–water partition coefficient (Wildman–Crippen LogP) is 2.07. The molecule has 0 bridgehead atoms. The highest BCUT2D eigenvalue weighted by Gasteiger charge is 2.36. The van der Waals surface area contributed by atoms with Crippen molar-refractivity contribution < 1.29 is 14.3 Å². The summed E-state index contributed by atoms with van der Waals surface area (Å²) in [6.07, 6.45) is 0.734. The molecule has 0 radical (unpaired) electrons. The lowest BCUT2D eigenvalue weighted by Gasteiger charge is -2.20. The van der Waals surface area contributed by atoms with Gasteiger partial charge in [0.15, 0.2) is 6.23 Å². The van der Waals surface area contributed by atoms with Crippen LogP contribution in [-0.2, 0) is 0 Å². The topological polar surface area (TPSA) is 40.5 Å². The summed E-state index contributed by atoms with van der Waals surface area (Å²) in [6.45, 7) is 2.46. The molecule has 16 heavy (non-hydrogen) atoms. The number of fused-ring (bicyclic) bond motifs is 1. The molecule has 1 aliphatic heterocycles. The highest BCUT2D eigenvalue weighted by atomic mass is 19.1. The molecule has 3 nitrogen and oxygen atoms in total. The summed E-state index contributed by atoms with van der Waals surface area (Å²) in [5.74, 6) is -0.963. The maximum Gasteiger partial charge on any atom is 0.259 e. The fraction of sp³-hybridized carbons (Fsp3) is 0.417. The number of rotatable bonds is 3. The molecule has 1 aromatic rings. The van der Waals surface area contributed by atoms with Crippen molar-refractivity contribution in [1.29, 1.82) is 0 Å². The molecule has 0 fully saturated rings. The SMILES string of the molecule is CCCCN1C(=O)c2c(F)cccc2C1O. The summed E-state index contributed by atoms with van der Waals surface area (Å²) in [7, 11) is 0. The monoisotopic (exact) mass is 223 g/mol. The van der Waals surface area contributed by atoms with Gasteiger partial charge in [0.25, 0.3) is 5.91 Å². The molecular weight excluding hydrogens is 209 g/mol. The second kappa shape index (κ2) is 4.22. The number of nitrogens with zero attached hydrogens (tertiary/aromatic N) is 1. The van der Waals surface area contributed by atoms with Gasteiger partial charge in [0.1, 0.15) is 5.82 Å². The van der Waals surface area contributed by atoms with E-state index in [0.717, 1.165) is 12.8 Å². The summed E-state index contributed by atoms with van der Waals surface area (Å²) in [6, 6.07) is 4.34. The van der Waals surface area contributed by atoms with Crippen molar-refractivity contribution >= 4 is 5.91 Å². The first-order valence-electron chi connectivity index (χ1n) is 5.44. The summed E-state index contributed by atoms with van der Waals surface area (Å²) < 4.78 is 13.5. The average Bonchev–Trinajstić information content (AvgIpc) is 2.51. The van der Waals surface area contributed by atoms with E-state index in [1.54, 1.807) is 6.07 Å². The molecule has 1 heterocycles. The Morgan fingerprint density at radius 2 is 2.25 bits per heavy atom. The standard InChI is InChI=1S/C12H14FNO2/c1-2-3-7-14-11(15)8-5-4-6-9(13)10(8)12(14)16/h4-6,11,15H,2-3,7H2,1H3. The van der Waals surface area contributed by atoms with Crippen LogP contribution in [0.1, 0.15) is 41.9 Å². The molecule has 0 saturated carbocycles. The molecule has 0 aliphatic carbocycles. The van der Waals surface area contributed by atoms with Crippen LogP contribution in [0, 0.1) is 5.82 Å². The number of amides is 1. The number of carbonyl (C=O) groups excluding carboxylic acids is 1. The van der Waals surface area contributed by atoms with Crippen LogP contribution in [0.25, 0.3) is 0 Å². The van der Waals surface area contributed by atoms with Crippen molar-refractivity contribution in [2.24, 2.45) is 0 Å². The van der Waals surface area contributed by atoms with Gasteiger partial charge < -0.3 is 10.0 Å². The molecule has 86 valence electrons. The van der Waals surface area contributed by atoms with Crippen LogP contribution in [0.4, 0.5) is 4.39 Å². The highest BCUT2D eigenvalue weighted by Crippen LogP contribution is 2.33. The van der Waals surface area contributed by atoms with Gasteiger partial charge in [0, 0.05) is 12.1 Å². The van der Waals surface area contributed by atoms with E-state index < -0.39 is 18.0 Å². The molecule has 4 heteroatoms. The van der Waals surface area contributed by atoms with E-state index in [1.165, 1.54) is 17.0 Å². The van der Waals surface area contributed by atoms with Crippen LogP contribution in [-0.4, -0.2) is 22.5 Å². The van der Waals surface area contributed by atoms with E-state index in [2.05, 4.69) is 0 Å². The maximum atomic E-state index is 13.5. The van der Waals surface area contributed by atoms with Crippen LogP contribution >= 0.6 is 0 Å².